The van der Waals surface area contributed by atoms with Gasteiger partial charge in [0.15, 0.2) is 0 Å². The van der Waals surface area contributed by atoms with Gasteiger partial charge in [0, 0.05) is 24.6 Å². The van der Waals surface area contributed by atoms with Crippen LogP contribution in [0.3, 0.4) is 0 Å². The number of hydrogen-bond acceptors (Lipinski definition) is 5. The molecule has 8 heteroatoms. The highest BCUT2D eigenvalue weighted by Gasteiger charge is 2.16. The van der Waals surface area contributed by atoms with Crippen LogP contribution < -0.4 is 16.8 Å². The molecule has 0 spiro atoms. The molecule has 0 saturated heterocycles. The van der Waals surface area contributed by atoms with Gasteiger partial charge in [0.1, 0.15) is 5.69 Å². The lowest BCUT2D eigenvalue weighted by Gasteiger charge is -2.06. The Morgan fingerprint density at radius 1 is 1.33 bits per heavy atom. The van der Waals surface area contributed by atoms with Crippen molar-refractivity contribution in [3.05, 3.63) is 33.9 Å². The van der Waals surface area contributed by atoms with E-state index in [9.17, 15) is 19.7 Å². The Kier molecular flexibility index (Phi) is 4.19. The number of amides is 2. The van der Waals surface area contributed by atoms with E-state index in [4.69, 9.17) is 11.5 Å². The number of nitrogens with two attached hydrogens (primary N) is 2. The van der Waals surface area contributed by atoms with Crippen molar-refractivity contribution in [1.29, 1.82) is 0 Å². The summed E-state index contributed by atoms with van der Waals surface area (Å²) in [5.74, 6) is -1.26. The van der Waals surface area contributed by atoms with Gasteiger partial charge in [-0.25, -0.2) is 0 Å². The summed E-state index contributed by atoms with van der Waals surface area (Å²) in [5, 5.41) is 13.5. The Morgan fingerprint density at radius 3 is 2.50 bits per heavy atom. The zero-order chi connectivity index (χ0) is 13.7. The molecule has 0 radical (unpaired) electrons. The van der Waals surface area contributed by atoms with Crippen LogP contribution in [0.5, 0.6) is 0 Å². The molecule has 5 N–H and O–H groups in total. The molecule has 0 saturated carbocycles. The summed E-state index contributed by atoms with van der Waals surface area (Å²) in [7, 11) is 0. The summed E-state index contributed by atoms with van der Waals surface area (Å²) in [6.07, 6.45) is 0.0503. The van der Waals surface area contributed by atoms with E-state index in [-0.39, 0.29) is 29.9 Å². The van der Waals surface area contributed by atoms with Crippen molar-refractivity contribution in [2.45, 2.75) is 6.42 Å². The minimum Gasteiger partial charge on any atom is -0.379 e. The maximum atomic E-state index is 10.9. The third-order valence-electron chi connectivity index (χ3n) is 2.17. The van der Waals surface area contributed by atoms with Gasteiger partial charge >= 0.3 is 0 Å². The van der Waals surface area contributed by atoms with Crippen molar-refractivity contribution in [2.24, 2.45) is 11.5 Å². The van der Waals surface area contributed by atoms with E-state index < -0.39 is 16.7 Å². The lowest BCUT2D eigenvalue weighted by Crippen LogP contribution is -2.16. The predicted octanol–water partition coefficient (Wildman–Crippen LogP) is -0.0190. The number of hydrogen-bond donors (Lipinski definition) is 3. The molecule has 1 aromatic carbocycles. The number of nitro benzene ring substituents is 1. The van der Waals surface area contributed by atoms with Crippen molar-refractivity contribution in [3.8, 4) is 0 Å². The highest BCUT2D eigenvalue weighted by molar-refractivity contribution is 5.94. The van der Waals surface area contributed by atoms with Crippen LogP contribution in [0.1, 0.15) is 16.8 Å². The topological polar surface area (TPSA) is 141 Å². The number of nitrogens with one attached hydrogen (secondary N) is 1. The Labute approximate surface area is 102 Å². The SMILES string of the molecule is NC(=O)CCNc1ccc(C(N)=O)cc1[N+](=O)[O-]. The third kappa shape index (κ3) is 3.44. The summed E-state index contributed by atoms with van der Waals surface area (Å²) in [6, 6.07) is 3.80. The summed E-state index contributed by atoms with van der Waals surface area (Å²) >= 11 is 0. The quantitative estimate of drug-likeness (QED) is 0.481. The molecule has 0 heterocycles. The molecule has 0 aliphatic heterocycles. The number of anilines is 1. The van der Waals surface area contributed by atoms with Crippen LogP contribution in [0.15, 0.2) is 18.2 Å². The van der Waals surface area contributed by atoms with Gasteiger partial charge in [0.05, 0.1) is 4.92 Å². The highest BCUT2D eigenvalue weighted by atomic mass is 16.6. The molecule has 1 aromatic rings. The average Bonchev–Trinajstić information content (AvgIpc) is 2.28. The maximum absolute atomic E-state index is 10.9. The smallest absolute Gasteiger partial charge is 0.293 e. The molecule has 96 valence electrons. The van der Waals surface area contributed by atoms with E-state index in [0.29, 0.717) is 0 Å². The fraction of sp³-hybridized carbons (Fsp3) is 0.200. The molecule has 0 unspecified atom stereocenters. The van der Waals surface area contributed by atoms with Gasteiger partial charge in [-0.2, -0.15) is 0 Å². The Morgan fingerprint density at radius 2 is 2.00 bits per heavy atom. The number of nitro groups is 1. The van der Waals surface area contributed by atoms with Gasteiger partial charge in [-0.1, -0.05) is 0 Å². The molecular formula is C10H12N4O4. The second-order valence-electron chi connectivity index (χ2n) is 3.50. The van der Waals surface area contributed by atoms with Crippen LogP contribution >= 0.6 is 0 Å². The Balaban J connectivity index is 2.93. The first-order valence-corrected chi connectivity index (χ1v) is 5.02. The van der Waals surface area contributed by atoms with E-state index >= 15 is 0 Å². The van der Waals surface area contributed by atoms with Crippen molar-refractivity contribution in [2.75, 3.05) is 11.9 Å². The maximum Gasteiger partial charge on any atom is 0.293 e. The van der Waals surface area contributed by atoms with E-state index in [1.165, 1.54) is 12.1 Å². The molecule has 1 rings (SSSR count). The predicted molar refractivity (Wildman–Crippen MR) is 63.9 cm³/mol. The van der Waals surface area contributed by atoms with Gasteiger partial charge in [0.25, 0.3) is 5.69 Å². The van der Waals surface area contributed by atoms with Crippen LogP contribution in [0.2, 0.25) is 0 Å². The number of carbonyl (C=O) groups excluding carboxylic acids is 2. The van der Waals surface area contributed by atoms with E-state index in [1.807, 2.05) is 0 Å². The van der Waals surface area contributed by atoms with Gasteiger partial charge in [-0.3, -0.25) is 19.7 Å². The summed E-state index contributed by atoms with van der Waals surface area (Å²) in [6.45, 7) is 0.173. The fourth-order valence-electron chi connectivity index (χ4n) is 1.31. The van der Waals surface area contributed by atoms with Crippen molar-refractivity contribution < 1.29 is 14.5 Å². The van der Waals surface area contributed by atoms with Gasteiger partial charge in [0.2, 0.25) is 11.8 Å². The zero-order valence-corrected chi connectivity index (χ0v) is 9.38. The molecule has 0 aromatic heterocycles. The minimum atomic E-state index is -0.748. The first kappa shape index (κ1) is 13.4. The van der Waals surface area contributed by atoms with Gasteiger partial charge in [-0.05, 0) is 12.1 Å². The number of benzene rings is 1. The first-order valence-electron chi connectivity index (χ1n) is 5.02. The monoisotopic (exact) mass is 252 g/mol. The lowest BCUT2D eigenvalue weighted by molar-refractivity contribution is -0.384. The van der Waals surface area contributed by atoms with Gasteiger partial charge in [-0.15, -0.1) is 0 Å². The van der Waals surface area contributed by atoms with E-state index in [0.717, 1.165) is 6.07 Å². The summed E-state index contributed by atoms with van der Waals surface area (Å²) in [4.78, 5) is 31.6. The van der Waals surface area contributed by atoms with Crippen LogP contribution in [-0.4, -0.2) is 23.3 Å². The Bertz CT molecular complexity index is 501. The number of nitrogens with zero attached hydrogens (tertiary/aromatic N) is 1. The third-order valence-corrected chi connectivity index (χ3v) is 2.17. The van der Waals surface area contributed by atoms with Crippen LogP contribution in [0, 0.1) is 10.1 Å². The van der Waals surface area contributed by atoms with Gasteiger partial charge < -0.3 is 16.8 Å². The summed E-state index contributed by atoms with van der Waals surface area (Å²) in [5.41, 5.74) is 9.94. The van der Waals surface area contributed by atoms with E-state index in [1.54, 1.807) is 0 Å². The van der Waals surface area contributed by atoms with Crippen LogP contribution in [-0.2, 0) is 4.79 Å². The Hall–Kier alpha value is -2.64. The van der Waals surface area contributed by atoms with Crippen molar-refractivity contribution in [1.82, 2.24) is 0 Å². The highest BCUT2D eigenvalue weighted by Crippen LogP contribution is 2.25. The van der Waals surface area contributed by atoms with Crippen LogP contribution in [0.4, 0.5) is 11.4 Å². The largest absolute Gasteiger partial charge is 0.379 e. The lowest BCUT2D eigenvalue weighted by atomic mass is 10.1. The molecule has 0 fully saturated rings. The van der Waals surface area contributed by atoms with E-state index in [2.05, 4.69) is 5.32 Å². The molecule has 0 atom stereocenters. The molecule has 0 aliphatic rings. The molecule has 8 nitrogen and oxygen atoms in total. The summed E-state index contributed by atoms with van der Waals surface area (Å²) < 4.78 is 0. The first-order chi connectivity index (χ1) is 8.41. The van der Waals surface area contributed by atoms with Crippen LogP contribution in [0.25, 0.3) is 0 Å². The molecule has 18 heavy (non-hydrogen) atoms. The second kappa shape index (κ2) is 5.62. The molecule has 0 bridgehead atoms. The second-order valence-corrected chi connectivity index (χ2v) is 3.50. The number of carbonyl (C=O) groups is 2. The molecule has 2 amide bonds. The molecule has 0 aliphatic carbocycles. The normalized spacial score (nSPS) is 9.78. The molecular weight excluding hydrogens is 240 g/mol. The van der Waals surface area contributed by atoms with Crippen molar-refractivity contribution >= 4 is 23.2 Å². The standard InChI is InChI=1S/C10H12N4O4/c11-9(15)3-4-13-7-2-1-6(10(12)16)5-8(7)14(17)18/h1-2,5,13H,3-4H2,(H2,11,15)(H2,12,16). The number of rotatable bonds is 6. The average molecular weight is 252 g/mol. The fourth-order valence-corrected chi connectivity index (χ4v) is 1.31. The zero-order valence-electron chi connectivity index (χ0n) is 9.38. The van der Waals surface area contributed by atoms with Crippen molar-refractivity contribution in [3.63, 3.8) is 0 Å². The number of primary amides is 2. The minimum absolute atomic E-state index is 0.0437.